The van der Waals surface area contributed by atoms with Crippen molar-refractivity contribution < 1.29 is 9.59 Å². The number of aromatic nitrogens is 2. The van der Waals surface area contributed by atoms with Crippen molar-refractivity contribution in [3.8, 4) is 0 Å². The van der Waals surface area contributed by atoms with Gasteiger partial charge in [-0.25, -0.2) is 4.99 Å². The molecule has 0 saturated heterocycles. The Morgan fingerprint density at radius 3 is 1.86 bits per heavy atom. The van der Waals surface area contributed by atoms with E-state index in [9.17, 15) is 19.2 Å². The second-order valence-electron chi connectivity index (χ2n) is 4.14. The topological polar surface area (TPSA) is 137 Å². The molecule has 0 aliphatic carbocycles. The molecule has 0 unspecified atom stereocenters. The Bertz CT molecular complexity index is 870. The van der Waals surface area contributed by atoms with E-state index in [2.05, 4.69) is 25.6 Å². The molecule has 0 bridgehead atoms. The largest absolute Gasteiger partial charge is 0.369 e. The van der Waals surface area contributed by atoms with E-state index in [0.717, 1.165) is 47.4 Å². The molecule has 3 N–H and O–H groups in total. The van der Waals surface area contributed by atoms with Gasteiger partial charge >= 0.3 is 9.75 Å². The normalized spacial score (nSPS) is 9.57. The Hall–Kier alpha value is -1.11. The Morgan fingerprint density at radius 2 is 1.57 bits per heavy atom. The average Bonchev–Trinajstić information content (AvgIpc) is 3.25. The van der Waals surface area contributed by atoms with Crippen LogP contribution in [-0.4, -0.2) is 59.9 Å². The highest BCUT2D eigenvalue weighted by molar-refractivity contribution is 8.87. The molecule has 28 heavy (non-hydrogen) atoms. The summed E-state index contributed by atoms with van der Waals surface area (Å²) in [5.74, 6) is 0. The smallest absolute Gasteiger partial charge is 0.318 e. The molecule has 2 amide bonds. The average molecular weight is 521 g/mol. The minimum Gasteiger partial charge on any atom is -0.369 e. The van der Waals surface area contributed by atoms with E-state index in [4.69, 9.17) is 12.2 Å². The van der Waals surface area contributed by atoms with Gasteiger partial charge in [0.1, 0.15) is 0 Å². The lowest BCUT2D eigenvalue weighted by atomic mass is 10.9. The summed E-state index contributed by atoms with van der Waals surface area (Å²) in [5.41, 5.74) is 0. The molecule has 0 aromatic carbocycles. The zero-order chi connectivity index (χ0) is 21.5. The van der Waals surface area contributed by atoms with Gasteiger partial charge in [-0.15, -0.1) is 0 Å². The second kappa shape index (κ2) is 15.8. The van der Waals surface area contributed by atoms with E-state index in [1.807, 2.05) is 19.0 Å². The van der Waals surface area contributed by atoms with Crippen LogP contribution in [0.4, 0.5) is 14.7 Å². The zero-order valence-electron chi connectivity index (χ0n) is 14.9. The minimum atomic E-state index is -0.269. The maximum Gasteiger partial charge on any atom is 0.318 e. The third-order valence-electron chi connectivity index (χ3n) is 1.77. The third-order valence-corrected chi connectivity index (χ3v) is 7.96. The molecule has 2 heterocycles. The first-order valence-electron chi connectivity index (χ1n) is 6.83. The number of nitrogens with zero attached hydrogens (tertiary/aromatic N) is 3. The number of amides is 2. The molecule has 10 nitrogen and oxygen atoms in total. The number of aliphatic imine (C=N–C) groups is 1. The number of carbonyl (C=O) groups excluding carboxylic acids is 2. The first kappa shape index (κ1) is 26.9. The van der Waals surface area contributed by atoms with Crippen LogP contribution in [0.3, 0.4) is 0 Å². The summed E-state index contributed by atoms with van der Waals surface area (Å²) < 4.78 is 0.654. The van der Waals surface area contributed by atoms with Crippen LogP contribution in [0.25, 0.3) is 0 Å². The number of rotatable bonds is 2. The van der Waals surface area contributed by atoms with Gasteiger partial charge in [-0.3, -0.25) is 24.2 Å². The van der Waals surface area contributed by atoms with E-state index < -0.39 is 0 Å². The number of carbonyl (C=O) groups is 2. The van der Waals surface area contributed by atoms with Gasteiger partial charge in [0, 0.05) is 49.8 Å². The summed E-state index contributed by atoms with van der Waals surface area (Å²) in [7, 11) is 13.4. The molecule has 2 rings (SSSR count). The van der Waals surface area contributed by atoms with Crippen molar-refractivity contribution in [1.82, 2.24) is 25.5 Å². The highest BCUT2D eigenvalue weighted by Crippen LogP contribution is 2.21. The lowest BCUT2D eigenvalue weighted by Gasteiger charge is -1.99. The van der Waals surface area contributed by atoms with Crippen LogP contribution in [0.1, 0.15) is 0 Å². The molecule has 0 saturated carbocycles. The molecule has 0 spiro atoms. The Morgan fingerprint density at radius 1 is 1.07 bits per heavy atom. The van der Waals surface area contributed by atoms with Gasteiger partial charge in [-0.2, -0.15) is 4.98 Å². The zero-order valence-corrected chi connectivity index (χ0v) is 20.6. The van der Waals surface area contributed by atoms with Gasteiger partial charge in [0.2, 0.25) is 5.13 Å². The van der Waals surface area contributed by atoms with Crippen molar-refractivity contribution in [3.05, 3.63) is 23.3 Å². The van der Waals surface area contributed by atoms with Gasteiger partial charge in [0.05, 0.1) is 6.34 Å². The number of hydrogen-bond donors (Lipinski definition) is 3. The first-order chi connectivity index (χ1) is 13.2. The number of aromatic amines is 1. The molecule has 0 aliphatic rings. The predicted octanol–water partition coefficient (Wildman–Crippen LogP) is 3.06. The standard InChI is InChI=1S/C5H7N3S3.C4H8N2O2S2.C2HNO2S2/c1-8(2)3-6-4-7-5(9)11-10-4;1-5-3(7)9-10-4(8)6-2;4-1-3-2(5)7-6-1/h3H,1-2H3;1-2H3,(H,5,7)(H,6,8);(H,3,4,5). The third kappa shape index (κ3) is 14.9. The first-order valence-corrected chi connectivity index (χ1v) is 13.7. The molecule has 17 heteroatoms. The Kier molecular flexibility index (Phi) is 15.1. The maximum atomic E-state index is 10.5. The molecule has 0 aliphatic heterocycles. The van der Waals surface area contributed by atoms with Crippen LogP contribution < -0.4 is 20.4 Å². The fourth-order valence-electron chi connectivity index (χ4n) is 0.763. The predicted molar refractivity (Wildman–Crippen MR) is 126 cm³/mol. The van der Waals surface area contributed by atoms with Crippen molar-refractivity contribution >= 4 is 97.1 Å². The van der Waals surface area contributed by atoms with Crippen LogP contribution in [0.15, 0.2) is 14.6 Å². The Balaban J connectivity index is 0.000000400. The number of H-pyrrole nitrogens is 1. The van der Waals surface area contributed by atoms with Crippen molar-refractivity contribution in [1.29, 1.82) is 0 Å². The molecule has 0 atom stereocenters. The molecule has 2 aromatic rings. The summed E-state index contributed by atoms with van der Waals surface area (Å²) in [6.45, 7) is 0. The van der Waals surface area contributed by atoms with Crippen molar-refractivity contribution in [3.63, 3.8) is 0 Å². The molecular weight excluding hydrogens is 505 g/mol. The van der Waals surface area contributed by atoms with Crippen molar-refractivity contribution in [2.24, 2.45) is 4.99 Å². The van der Waals surface area contributed by atoms with Gasteiger partial charge in [0.15, 0.2) is 3.95 Å². The molecule has 0 fully saturated rings. The summed E-state index contributed by atoms with van der Waals surface area (Å²) in [4.78, 5) is 52.6. The monoisotopic (exact) mass is 520 g/mol. The number of hydrogen-bond acceptors (Lipinski definition) is 13. The van der Waals surface area contributed by atoms with E-state index in [1.54, 1.807) is 6.34 Å². The lowest BCUT2D eigenvalue weighted by Crippen LogP contribution is -2.13. The summed E-state index contributed by atoms with van der Waals surface area (Å²) in [6, 6.07) is 0. The summed E-state index contributed by atoms with van der Waals surface area (Å²) >= 11 is 4.84. The van der Waals surface area contributed by atoms with E-state index >= 15 is 0 Å². The fourth-order valence-corrected chi connectivity index (χ4v) is 5.01. The van der Waals surface area contributed by atoms with Crippen LogP contribution in [0, 0.1) is 3.95 Å². The highest BCUT2D eigenvalue weighted by Gasteiger charge is 2.03. The van der Waals surface area contributed by atoms with E-state index in [0.29, 0.717) is 3.95 Å². The number of nitrogens with one attached hydrogen (secondary N) is 3. The van der Waals surface area contributed by atoms with Crippen LogP contribution in [-0.2, 0) is 0 Å². The minimum absolute atomic E-state index is 0.228. The van der Waals surface area contributed by atoms with Gasteiger partial charge < -0.3 is 15.5 Å². The summed E-state index contributed by atoms with van der Waals surface area (Å²) in [6.07, 6.45) is 1.71. The van der Waals surface area contributed by atoms with Crippen molar-refractivity contribution in [2.75, 3.05) is 28.2 Å². The molecular formula is C11H16N6O4S7. The lowest BCUT2D eigenvalue weighted by molar-refractivity contribution is 0.261. The summed E-state index contributed by atoms with van der Waals surface area (Å²) in [5, 5.41) is 5.01. The van der Waals surface area contributed by atoms with E-state index in [1.165, 1.54) is 34.8 Å². The maximum absolute atomic E-state index is 10.5. The van der Waals surface area contributed by atoms with Crippen molar-refractivity contribution in [2.45, 2.75) is 0 Å². The van der Waals surface area contributed by atoms with Gasteiger partial charge in [-0.1, -0.05) is 0 Å². The highest BCUT2D eigenvalue weighted by atomic mass is 33.1. The van der Waals surface area contributed by atoms with Gasteiger partial charge in [0.25, 0.3) is 10.5 Å². The second-order valence-corrected chi connectivity index (χ2v) is 11.0. The SMILES string of the molecule is CN(C)C=Nc1nc(=S)ss1.CNC(=O)SSC(=O)NC.O=c1[nH]c(=O)ss1. The van der Waals surface area contributed by atoms with E-state index in [-0.39, 0.29) is 20.2 Å². The molecule has 2 aromatic heterocycles. The van der Waals surface area contributed by atoms with Crippen LogP contribution in [0.2, 0.25) is 0 Å². The quantitative estimate of drug-likeness (QED) is 0.236. The molecule has 156 valence electrons. The molecule has 0 radical (unpaired) electrons. The fraction of sp³-hybridized carbons (Fsp3) is 0.364. The van der Waals surface area contributed by atoms with Crippen LogP contribution in [0.5, 0.6) is 0 Å². The van der Waals surface area contributed by atoms with Gasteiger partial charge in [-0.05, 0) is 53.6 Å². The van der Waals surface area contributed by atoms with Crippen LogP contribution >= 0.6 is 75.2 Å². The Labute approximate surface area is 187 Å².